The number of hydrogen-bond donors (Lipinski definition) is 1. The number of carbonyl (C=O) groups is 2. The molecule has 0 aliphatic heterocycles. The molecule has 1 amide bonds. The molecule has 0 aliphatic rings. The summed E-state index contributed by atoms with van der Waals surface area (Å²) in [5.41, 5.74) is 1.96. The van der Waals surface area contributed by atoms with Crippen LogP contribution in [0.4, 0.5) is 0 Å². The number of carbonyl (C=O) groups excluding carboxylic acids is 1. The third kappa shape index (κ3) is 4.20. The van der Waals surface area contributed by atoms with Gasteiger partial charge in [-0.1, -0.05) is 71.5 Å². The van der Waals surface area contributed by atoms with E-state index in [2.05, 4.69) is 4.99 Å². The third-order valence-corrected chi connectivity index (χ3v) is 5.94. The summed E-state index contributed by atoms with van der Waals surface area (Å²) in [6.07, 6.45) is 0.273. The molecule has 1 heterocycles. The smallest absolute Gasteiger partial charge is 0.327 e. The predicted molar refractivity (Wildman–Crippen MR) is 118 cm³/mol. The van der Waals surface area contributed by atoms with Crippen LogP contribution < -0.4 is 4.80 Å². The molecule has 4 aromatic rings. The summed E-state index contributed by atoms with van der Waals surface area (Å²) in [4.78, 5) is 29.6. The molecule has 150 valence electrons. The summed E-state index contributed by atoms with van der Waals surface area (Å²) in [6, 6.07) is 22.5. The molecule has 1 atom stereocenters. The molecule has 0 radical (unpaired) electrons. The lowest BCUT2D eigenvalue weighted by Gasteiger charge is -2.16. The maximum absolute atomic E-state index is 12.8. The van der Waals surface area contributed by atoms with E-state index in [0.717, 1.165) is 15.8 Å². The van der Waals surface area contributed by atoms with Crippen LogP contribution >= 0.6 is 22.9 Å². The lowest BCUT2D eigenvalue weighted by molar-refractivity contribution is -0.140. The molecule has 1 N–H and O–H groups in total. The normalized spacial score (nSPS) is 12.8. The van der Waals surface area contributed by atoms with Gasteiger partial charge in [-0.2, -0.15) is 4.99 Å². The van der Waals surface area contributed by atoms with E-state index in [0.29, 0.717) is 15.4 Å². The van der Waals surface area contributed by atoms with Crippen LogP contribution in [-0.2, 0) is 11.2 Å². The number of rotatable bonds is 5. The highest BCUT2D eigenvalue weighted by molar-refractivity contribution is 7.16. The maximum Gasteiger partial charge on any atom is 0.327 e. The van der Waals surface area contributed by atoms with Crippen LogP contribution in [0.15, 0.2) is 83.9 Å². The van der Waals surface area contributed by atoms with Crippen LogP contribution in [0.5, 0.6) is 0 Å². The van der Waals surface area contributed by atoms with Gasteiger partial charge in [-0.05, 0) is 35.9 Å². The van der Waals surface area contributed by atoms with Crippen molar-refractivity contribution in [1.82, 2.24) is 4.57 Å². The molecule has 3 aromatic carbocycles. The van der Waals surface area contributed by atoms with E-state index in [1.807, 2.05) is 54.6 Å². The molecule has 4 rings (SSSR count). The largest absolute Gasteiger partial charge is 0.480 e. The molecule has 0 bridgehead atoms. The average molecular weight is 437 g/mol. The summed E-state index contributed by atoms with van der Waals surface area (Å²) in [5, 5.41) is 10.5. The monoisotopic (exact) mass is 436 g/mol. The number of carboxylic acid groups (broad SMARTS) is 1. The predicted octanol–water partition coefficient (Wildman–Crippen LogP) is 4.97. The zero-order valence-electron chi connectivity index (χ0n) is 15.7. The second kappa shape index (κ2) is 8.65. The van der Waals surface area contributed by atoms with E-state index in [1.165, 1.54) is 11.3 Å². The number of benzene rings is 3. The Bertz CT molecular complexity index is 1290. The van der Waals surface area contributed by atoms with Crippen molar-refractivity contribution in [3.63, 3.8) is 0 Å². The van der Waals surface area contributed by atoms with Crippen LogP contribution in [0.25, 0.3) is 10.2 Å². The number of thiazole rings is 1. The average Bonchev–Trinajstić information content (AvgIpc) is 3.10. The molecule has 1 aromatic heterocycles. The first-order valence-electron chi connectivity index (χ1n) is 9.24. The molecular formula is C23H17ClN2O3S. The first-order chi connectivity index (χ1) is 14.5. The maximum atomic E-state index is 12.8. The Labute approximate surface area is 181 Å². The number of aromatic nitrogens is 1. The van der Waals surface area contributed by atoms with Gasteiger partial charge in [0.05, 0.1) is 10.2 Å². The Balaban J connectivity index is 1.87. The van der Waals surface area contributed by atoms with E-state index in [9.17, 15) is 14.7 Å². The lowest BCUT2D eigenvalue weighted by Crippen LogP contribution is -2.29. The number of halogens is 1. The van der Waals surface area contributed by atoms with Gasteiger partial charge in [-0.3, -0.25) is 4.79 Å². The van der Waals surface area contributed by atoms with Crippen molar-refractivity contribution in [3.05, 3.63) is 99.8 Å². The summed E-state index contributed by atoms with van der Waals surface area (Å²) in [6.45, 7) is 0. The molecule has 7 heteroatoms. The van der Waals surface area contributed by atoms with Gasteiger partial charge in [0.15, 0.2) is 4.80 Å². The van der Waals surface area contributed by atoms with Gasteiger partial charge in [0.1, 0.15) is 6.04 Å². The zero-order valence-corrected chi connectivity index (χ0v) is 17.3. The molecule has 0 fully saturated rings. The SMILES string of the molecule is O=C(/N=c1\sc2ccccc2n1C(Cc1ccccc1)C(=O)O)c1cccc(Cl)c1. The van der Waals surface area contributed by atoms with Gasteiger partial charge in [-0.15, -0.1) is 0 Å². The Morgan fingerprint density at radius 2 is 1.73 bits per heavy atom. The number of carboxylic acids is 1. The van der Waals surface area contributed by atoms with E-state index in [-0.39, 0.29) is 6.42 Å². The van der Waals surface area contributed by atoms with Crippen molar-refractivity contribution in [2.75, 3.05) is 0 Å². The number of aliphatic carboxylic acids is 1. The quantitative estimate of drug-likeness (QED) is 0.480. The second-order valence-corrected chi connectivity index (χ2v) is 8.14. The molecule has 1 unspecified atom stereocenters. The Morgan fingerprint density at radius 1 is 1.00 bits per heavy atom. The van der Waals surface area contributed by atoms with E-state index >= 15 is 0 Å². The van der Waals surface area contributed by atoms with Gasteiger partial charge in [-0.25, -0.2) is 4.79 Å². The van der Waals surface area contributed by atoms with E-state index in [4.69, 9.17) is 11.6 Å². The van der Waals surface area contributed by atoms with Gasteiger partial charge < -0.3 is 9.67 Å². The molecule has 30 heavy (non-hydrogen) atoms. The molecular weight excluding hydrogens is 420 g/mol. The highest BCUT2D eigenvalue weighted by Gasteiger charge is 2.24. The number of amides is 1. The first kappa shape index (κ1) is 20.1. The Hall–Kier alpha value is -3.22. The van der Waals surface area contributed by atoms with Crippen LogP contribution in [-0.4, -0.2) is 21.6 Å². The first-order valence-corrected chi connectivity index (χ1v) is 10.4. The number of nitrogens with zero attached hydrogens (tertiary/aromatic N) is 2. The van der Waals surface area contributed by atoms with Crippen molar-refractivity contribution in [3.8, 4) is 0 Å². The van der Waals surface area contributed by atoms with Crippen molar-refractivity contribution in [1.29, 1.82) is 0 Å². The minimum absolute atomic E-state index is 0.273. The highest BCUT2D eigenvalue weighted by atomic mass is 35.5. The van der Waals surface area contributed by atoms with E-state index < -0.39 is 17.9 Å². The fourth-order valence-electron chi connectivity index (χ4n) is 3.27. The fourth-order valence-corrected chi connectivity index (χ4v) is 4.53. The summed E-state index contributed by atoms with van der Waals surface area (Å²) in [5.74, 6) is -1.46. The van der Waals surface area contributed by atoms with Crippen LogP contribution in [0.1, 0.15) is 22.0 Å². The number of fused-ring (bicyclic) bond motifs is 1. The summed E-state index contributed by atoms with van der Waals surface area (Å²) < 4.78 is 2.49. The topological polar surface area (TPSA) is 71.7 Å². The minimum Gasteiger partial charge on any atom is -0.480 e. The molecule has 0 saturated carbocycles. The summed E-state index contributed by atoms with van der Waals surface area (Å²) >= 11 is 7.28. The molecule has 0 aliphatic carbocycles. The van der Waals surface area contributed by atoms with Crippen LogP contribution in [0, 0.1) is 0 Å². The standard InChI is InChI=1S/C23H17ClN2O3S/c24-17-10-6-9-16(14-17)21(27)25-23-26(18-11-4-5-12-20(18)30-23)19(22(28)29)13-15-7-2-1-3-8-15/h1-12,14,19H,13H2,(H,28,29)/b25-23-. The number of hydrogen-bond acceptors (Lipinski definition) is 3. The van der Waals surface area contributed by atoms with Crippen molar-refractivity contribution in [2.24, 2.45) is 4.99 Å². The molecule has 0 spiro atoms. The van der Waals surface area contributed by atoms with Crippen molar-refractivity contribution in [2.45, 2.75) is 12.5 Å². The van der Waals surface area contributed by atoms with Crippen molar-refractivity contribution < 1.29 is 14.7 Å². The third-order valence-electron chi connectivity index (χ3n) is 4.67. The van der Waals surface area contributed by atoms with Gasteiger partial charge in [0.25, 0.3) is 5.91 Å². The molecule has 5 nitrogen and oxygen atoms in total. The van der Waals surface area contributed by atoms with Crippen LogP contribution in [0.2, 0.25) is 5.02 Å². The van der Waals surface area contributed by atoms with Gasteiger partial charge >= 0.3 is 5.97 Å². The summed E-state index contributed by atoms with van der Waals surface area (Å²) in [7, 11) is 0. The van der Waals surface area contributed by atoms with Gasteiger partial charge in [0, 0.05) is 17.0 Å². The zero-order chi connectivity index (χ0) is 21.1. The Morgan fingerprint density at radius 3 is 2.47 bits per heavy atom. The lowest BCUT2D eigenvalue weighted by atomic mass is 10.1. The highest BCUT2D eigenvalue weighted by Crippen LogP contribution is 2.23. The molecule has 0 saturated heterocycles. The minimum atomic E-state index is -0.987. The van der Waals surface area contributed by atoms with E-state index in [1.54, 1.807) is 28.8 Å². The Kier molecular flexibility index (Phi) is 5.79. The van der Waals surface area contributed by atoms with Gasteiger partial charge in [0.2, 0.25) is 0 Å². The van der Waals surface area contributed by atoms with Crippen LogP contribution in [0.3, 0.4) is 0 Å². The van der Waals surface area contributed by atoms with Crippen molar-refractivity contribution >= 4 is 45.0 Å². The second-order valence-electron chi connectivity index (χ2n) is 6.69. The number of para-hydroxylation sites is 1. The fraction of sp³-hybridized carbons (Fsp3) is 0.0870.